The number of anilines is 1. The lowest BCUT2D eigenvalue weighted by Crippen LogP contribution is -2.16. The van der Waals surface area contributed by atoms with E-state index in [2.05, 4.69) is 30.5 Å². The molecule has 7 nitrogen and oxygen atoms in total. The van der Waals surface area contributed by atoms with Crippen LogP contribution >= 0.6 is 0 Å². The average Bonchev–Trinajstić information content (AvgIpc) is 2.81. The fourth-order valence-corrected chi connectivity index (χ4v) is 1.46. The van der Waals surface area contributed by atoms with Gasteiger partial charge in [0.25, 0.3) is 5.56 Å². The Balaban J connectivity index is 2.18. The summed E-state index contributed by atoms with van der Waals surface area (Å²) in [6.45, 7) is 3.84. The van der Waals surface area contributed by atoms with Crippen molar-refractivity contribution in [3.63, 3.8) is 0 Å². The Bertz CT molecular complexity index is 532. The molecule has 0 aromatic carbocycles. The van der Waals surface area contributed by atoms with E-state index in [1.165, 1.54) is 12.4 Å². The summed E-state index contributed by atoms with van der Waals surface area (Å²) in [7, 11) is 0. The summed E-state index contributed by atoms with van der Waals surface area (Å²) in [5.41, 5.74) is -0.163. The Morgan fingerprint density at radius 1 is 1.53 bits per heavy atom. The molecule has 0 bridgehead atoms. The monoisotopic (exact) mass is 234 g/mol. The molecule has 3 N–H and O–H groups in total. The number of aromatic nitrogens is 5. The molecule has 0 radical (unpaired) electrons. The molecule has 17 heavy (non-hydrogen) atoms. The van der Waals surface area contributed by atoms with Crippen LogP contribution < -0.4 is 10.9 Å². The van der Waals surface area contributed by atoms with Gasteiger partial charge in [-0.15, -0.1) is 0 Å². The van der Waals surface area contributed by atoms with Gasteiger partial charge < -0.3 is 10.3 Å². The van der Waals surface area contributed by atoms with Gasteiger partial charge in [0, 0.05) is 12.5 Å². The lowest BCUT2D eigenvalue weighted by Gasteiger charge is -2.11. The molecule has 0 saturated heterocycles. The van der Waals surface area contributed by atoms with Crippen LogP contribution in [0.25, 0.3) is 0 Å². The summed E-state index contributed by atoms with van der Waals surface area (Å²) in [6, 6.07) is 1.34. The van der Waals surface area contributed by atoms with Crippen LogP contribution in [0.3, 0.4) is 0 Å². The Hall–Kier alpha value is -2.18. The number of aromatic amines is 2. The molecular weight excluding hydrogens is 220 g/mol. The summed E-state index contributed by atoms with van der Waals surface area (Å²) in [5, 5.41) is 9.63. The van der Waals surface area contributed by atoms with Gasteiger partial charge in [-0.2, -0.15) is 5.10 Å². The second-order valence-corrected chi connectivity index (χ2v) is 3.67. The first-order chi connectivity index (χ1) is 8.19. The third kappa shape index (κ3) is 2.68. The molecule has 0 spiro atoms. The van der Waals surface area contributed by atoms with Crippen molar-refractivity contribution in [2.75, 3.05) is 5.32 Å². The van der Waals surface area contributed by atoms with Crippen molar-refractivity contribution in [2.45, 2.75) is 26.3 Å². The Labute approximate surface area is 97.7 Å². The van der Waals surface area contributed by atoms with Crippen LogP contribution in [-0.4, -0.2) is 25.1 Å². The normalized spacial score (nSPS) is 12.4. The van der Waals surface area contributed by atoms with Gasteiger partial charge in [0.2, 0.25) is 0 Å². The topological polar surface area (TPSA) is 99.3 Å². The van der Waals surface area contributed by atoms with Crippen LogP contribution in [0.15, 0.2) is 17.2 Å². The van der Waals surface area contributed by atoms with Crippen LogP contribution in [0.5, 0.6) is 0 Å². The summed E-state index contributed by atoms with van der Waals surface area (Å²) < 4.78 is 0. The maximum absolute atomic E-state index is 11.4. The molecule has 0 aliphatic rings. The maximum Gasteiger partial charge on any atom is 0.252 e. The number of H-pyrrole nitrogens is 2. The zero-order chi connectivity index (χ0) is 12.3. The van der Waals surface area contributed by atoms with E-state index in [0.717, 1.165) is 0 Å². The van der Waals surface area contributed by atoms with Crippen LogP contribution in [0.4, 0.5) is 5.82 Å². The van der Waals surface area contributed by atoms with Crippen LogP contribution in [0, 0.1) is 0 Å². The molecule has 0 aliphatic heterocycles. The first-order valence-corrected chi connectivity index (χ1v) is 5.41. The van der Waals surface area contributed by atoms with E-state index in [0.29, 0.717) is 23.9 Å². The van der Waals surface area contributed by atoms with E-state index in [4.69, 9.17) is 0 Å². The van der Waals surface area contributed by atoms with Gasteiger partial charge in [0.05, 0.1) is 6.04 Å². The molecule has 1 atom stereocenters. The number of hydrogen-bond acceptors (Lipinski definition) is 5. The van der Waals surface area contributed by atoms with E-state index in [1.807, 2.05) is 13.8 Å². The Morgan fingerprint density at radius 2 is 2.35 bits per heavy atom. The highest BCUT2D eigenvalue weighted by atomic mass is 16.1. The summed E-state index contributed by atoms with van der Waals surface area (Å²) in [6.07, 6.45) is 2.12. The van der Waals surface area contributed by atoms with Gasteiger partial charge >= 0.3 is 0 Å². The molecule has 2 aromatic rings. The highest BCUT2D eigenvalue weighted by Gasteiger charge is 2.09. The van der Waals surface area contributed by atoms with Crippen molar-refractivity contribution in [1.82, 2.24) is 25.1 Å². The fourth-order valence-electron chi connectivity index (χ4n) is 1.46. The molecular formula is C10H14N6O. The van der Waals surface area contributed by atoms with Crippen molar-refractivity contribution in [3.8, 4) is 0 Å². The lowest BCUT2D eigenvalue weighted by atomic mass is 10.3. The third-order valence-corrected chi connectivity index (χ3v) is 2.33. The number of rotatable bonds is 4. The molecule has 0 aliphatic carbocycles. The average molecular weight is 234 g/mol. The van der Waals surface area contributed by atoms with E-state index in [-0.39, 0.29) is 11.6 Å². The molecule has 2 aromatic heterocycles. The smallest absolute Gasteiger partial charge is 0.252 e. The quantitative estimate of drug-likeness (QED) is 0.720. The zero-order valence-electron chi connectivity index (χ0n) is 9.69. The molecule has 7 heteroatoms. The fraction of sp³-hybridized carbons (Fsp3) is 0.400. The minimum absolute atomic E-state index is 0.0866. The SMILES string of the molecule is CCc1nc(NC(C)c2ncn[nH]2)cc(=O)[nH]1. The molecule has 0 fully saturated rings. The Morgan fingerprint density at radius 3 is 3.00 bits per heavy atom. The minimum Gasteiger partial charge on any atom is -0.360 e. The first kappa shape index (κ1) is 11.3. The number of nitrogens with zero attached hydrogens (tertiary/aromatic N) is 3. The van der Waals surface area contributed by atoms with Gasteiger partial charge in [-0.05, 0) is 6.92 Å². The van der Waals surface area contributed by atoms with Crippen molar-refractivity contribution < 1.29 is 0 Å². The van der Waals surface area contributed by atoms with E-state index in [9.17, 15) is 4.79 Å². The molecule has 2 heterocycles. The van der Waals surface area contributed by atoms with Crippen molar-refractivity contribution >= 4 is 5.82 Å². The second-order valence-electron chi connectivity index (χ2n) is 3.67. The lowest BCUT2D eigenvalue weighted by molar-refractivity contribution is 0.783. The van der Waals surface area contributed by atoms with Crippen LogP contribution in [0.2, 0.25) is 0 Å². The largest absolute Gasteiger partial charge is 0.360 e. The molecule has 0 saturated carbocycles. The van der Waals surface area contributed by atoms with Gasteiger partial charge in [0.1, 0.15) is 23.8 Å². The molecule has 2 rings (SSSR count). The summed E-state index contributed by atoms with van der Waals surface area (Å²) >= 11 is 0. The summed E-state index contributed by atoms with van der Waals surface area (Å²) in [4.78, 5) is 22.3. The van der Waals surface area contributed by atoms with E-state index < -0.39 is 0 Å². The third-order valence-electron chi connectivity index (χ3n) is 2.33. The summed E-state index contributed by atoms with van der Waals surface area (Å²) in [5.74, 6) is 1.89. The standard InChI is InChI=1S/C10H14N6O/c1-3-7-14-8(4-9(17)15-7)13-6(2)10-11-5-12-16-10/h4-6H,3H2,1-2H3,(H,11,12,16)(H2,13,14,15,17). The first-order valence-electron chi connectivity index (χ1n) is 5.41. The predicted octanol–water partition coefficient (Wildman–Crippen LogP) is 0.623. The van der Waals surface area contributed by atoms with E-state index >= 15 is 0 Å². The van der Waals surface area contributed by atoms with Crippen molar-refractivity contribution in [2.24, 2.45) is 0 Å². The molecule has 1 unspecified atom stereocenters. The van der Waals surface area contributed by atoms with Gasteiger partial charge in [-0.1, -0.05) is 6.92 Å². The van der Waals surface area contributed by atoms with Crippen LogP contribution in [0.1, 0.15) is 31.5 Å². The second kappa shape index (κ2) is 4.77. The predicted molar refractivity (Wildman–Crippen MR) is 62.7 cm³/mol. The highest BCUT2D eigenvalue weighted by molar-refractivity contribution is 5.35. The number of nitrogens with one attached hydrogen (secondary N) is 3. The molecule has 90 valence electrons. The molecule has 0 amide bonds. The number of hydrogen-bond donors (Lipinski definition) is 3. The van der Waals surface area contributed by atoms with Gasteiger partial charge in [-0.3, -0.25) is 9.89 Å². The Kier molecular flexibility index (Phi) is 3.17. The van der Waals surface area contributed by atoms with Crippen molar-refractivity contribution in [3.05, 3.63) is 34.4 Å². The zero-order valence-corrected chi connectivity index (χ0v) is 9.69. The van der Waals surface area contributed by atoms with E-state index in [1.54, 1.807) is 0 Å². The maximum atomic E-state index is 11.4. The van der Waals surface area contributed by atoms with Crippen LogP contribution in [-0.2, 0) is 6.42 Å². The van der Waals surface area contributed by atoms with Gasteiger partial charge in [-0.25, -0.2) is 9.97 Å². The highest BCUT2D eigenvalue weighted by Crippen LogP contribution is 2.12. The van der Waals surface area contributed by atoms with Crippen molar-refractivity contribution in [1.29, 1.82) is 0 Å². The van der Waals surface area contributed by atoms with Gasteiger partial charge in [0.15, 0.2) is 0 Å². The number of aryl methyl sites for hydroxylation is 1. The minimum atomic E-state index is -0.163.